The molecule has 1 saturated carbocycles. The molecule has 1 aliphatic rings. The van der Waals surface area contributed by atoms with Gasteiger partial charge < -0.3 is 15.5 Å². The second-order valence-corrected chi connectivity index (χ2v) is 6.41. The van der Waals surface area contributed by atoms with Gasteiger partial charge in [-0.3, -0.25) is 4.98 Å². The Bertz CT molecular complexity index is 903. The van der Waals surface area contributed by atoms with E-state index >= 15 is 0 Å². The van der Waals surface area contributed by atoms with E-state index in [2.05, 4.69) is 55.4 Å². The van der Waals surface area contributed by atoms with Crippen LogP contribution in [0.4, 0.5) is 23.5 Å². The molecule has 26 heavy (non-hydrogen) atoms. The predicted octanol–water partition coefficient (Wildman–Crippen LogP) is 3.58. The van der Waals surface area contributed by atoms with Gasteiger partial charge in [0.15, 0.2) is 0 Å². The van der Waals surface area contributed by atoms with E-state index in [0.29, 0.717) is 23.9 Å². The van der Waals surface area contributed by atoms with Crippen LogP contribution in [0.5, 0.6) is 0 Å². The Morgan fingerprint density at radius 3 is 2.62 bits per heavy atom. The third-order valence-corrected chi connectivity index (χ3v) is 4.44. The number of fused-ring (bicyclic) bond motifs is 1. The van der Waals surface area contributed by atoms with Gasteiger partial charge in [-0.05, 0) is 51.0 Å². The SMILES string of the molecule is CCN(CC)c1nc(Nc2ccc3ncccc3c2)nc(NC2CC2)n1. The standard InChI is InChI=1S/C19H23N7/c1-3-26(4-2)19-24-17(21-14-7-8-14)23-18(25-19)22-15-9-10-16-13(12-15)6-5-11-20-16/h5-6,9-12,14H,3-4,7-8H2,1-2H3,(H2,21,22,23,24,25). The number of nitrogens with zero attached hydrogens (tertiary/aromatic N) is 5. The zero-order valence-corrected chi connectivity index (χ0v) is 15.1. The lowest BCUT2D eigenvalue weighted by atomic mass is 10.2. The summed E-state index contributed by atoms with van der Waals surface area (Å²) in [5.74, 6) is 1.88. The van der Waals surface area contributed by atoms with Gasteiger partial charge in [-0.2, -0.15) is 15.0 Å². The van der Waals surface area contributed by atoms with Crippen molar-refractivity contribution in [3.63, 3.8) is 0 Å². The van der Waals surface area contributed by atoms with E-state index in [1.807, 2.05) is 24.3 Å². The number of rotatable bonds is 7. The van der Waals surface area contributed by atoms with Crippen molar-refractivity contribution in [1.29, 1.82) is 0 Å². The molecule has 0 aliphatic heterocycles. The average Bonchev–Trinajstić information content (AvgIpc) is 3.46. The van der Waals surface area contributed by atoms with Crippen molar-refractivity contribution < 1.29 is 0 Å². The molecule has 134 valence electrons. The lowest BCUT2D eigenvalue weighted by Crippen LogP contribution is -2.25. The van der Waals surface area contributed by atoms with Crippen molar-refractivity contribution in [3.05, 3.63) is 36.5 Å². The summed E-state index contributed by atoms with van der Waals surface area (Å²) in [6, 6.07) is 10.5. The molecule has 7 nitrogen and oxygen atoms in total. The van der Waals surface area contributed by atoms with Crippen molar-refractivity contribution in [1.82, 2.24) is 19.9 Å². The largest absolute Gasteiger partial charge is 0.351 e. The Hall–Kier alpha value is -2.96. The number of aromatic nitrogens is 4. The number of hydrogen-bond acceptors (Lipinski definition) is 7. The fourth-order valence-corrected chi connectivity index (χ4v) is 2.83. The van der Waals surface area contributed by atoms with Crippen LogP contribution in [0.2, 0.25) is 0 Å². The van der Waals surface area contributed by atoms with Crippen LogP contribution in [0.25, 0.3) is 10.9 Å². The Kier molecular flexibility index (Phi) is 4.51. The summed E-state index contributed by atoms with van der Waals surface area (Å²) >= 11 is 0. The van der Waals surface area contributed by atoms with Crippen LogP contribution in [0.3, 0.4) is 0 Å². The van der Waals surface area contributed by atoms with Gasteiger partial charge >= 0.3 is 0 Å². The van der Waals surface area contributed by atoms with E-state index in [1.54, 1.807) is 6.20 Å². The third-order valence-electron chi connectivity index (χ3n) is 4.44. The van der Waals surface area contributed by atoms with Gasteiger partial charge in [0.2, 0.25) is 17.8 Å². The highest BCUT2D eigenvalue weighted by Crippen LogP contribution is 2.25. The summed E-state index contributed by atoms with van der Waals surface area (Å²) in [6.45, 7) is 5.91. The maximum Gasteiger partial charge on any atom is 0.233 e. The molecule has 2 heterocycles. The monoisotopic (exact) mass is 349 g/mol. The molecule has 1 fully saturated rings. The summed E-state index contributed by atoms with van der Waals surface area (Å²) < 4.78 is 0. The molecule has 0 amide bonds. The summed E-state index contributed by atoms with van der Waals surface area (Å²) in [6.07, 6.45) is 4.15. The van der Waals surface area contributed by atoms with E-state index in [4.69, 9.17) is 0 Å². The van der Waals surface area contributed by atoms with E-state index in [1.165, 1.54) is 12.8 Å². The number of hydrogen-bond donors (Lipinski definition) is 2. The van der Waals surface area contributed by atoms with Crippen LogP contribution < -0.4 is 15.5 Å². The minimum absolute atomic E-state index is 0.488. The molecular formula is C19H23N7. The molecule has 7 heteroatoms. The molecule has 0 saturated heterocycles. The molecule has 0 atom stereocenters. The number of nitrogens with one attached hydrogen (secondary N) is 2. The van der Waals surface area contributed by atoms with E-state index in [9.17, 15) is 0 Å². The van der Waals surface area contributed by atoms with Gasteiger partial charge in [-0.25, -0.2) is 0 Å². The number of benzene rings is 1. The Morgan fingerprint density at radius 1 is 1.04 bits per heavy atom. The van der Waals surface area contributed by atoms with Crippen LogP contribution in [-0.4, -0.2) is 39.1 Å². The summed E-state index contributed by atoms with van der Waals surface area (Å²) in [5, 5.41) is 7.77. The smallest absolute Gasteiger partial charge is 0.233 e. The van der Waals surface area contributed by atoms with Crippen LogP contribution in [-0.2, 0) is 0 Å². The quantitative estimate of drug-likeness (QED) is 0.675. The molecular weight excluding hydrogens is 326 g/mol. The molecule has 0 spiro atoms. The minimum Gasteiger partial charge on any atom is -0.351 e. The van der Waals surface area contributed by atoms with Crippen molar-refractivity contribution >= 4 is 34.4 Å². The maximum atomic E-state index is 4.62. The molecule has 0 radical (unpaired) electrons. The zero-order chi connectivity index (χ0) is 17.9. The van der Waals surface area contributed by atoms with Crippen LogP contribution >= 0.6 is 0 Å². The van der Waals surface area contributed by atoms with Crippen molar-refractivity contribution in [2.75, 3.05) is 28.6 Å². The molecule has 0 bridgehead atoms. The van der Waals surface area contributed by atoms with Crippen LogP contribution in [0.15, 0.2) is 36.5 Å². The first-order valence-electron chi connectivity index (χ1n) is 9.14. The average molecular weight is 349 g/mol. The Balaban J connectivity index is 1.65. The van der Waals surface area contributed by atoms with Gasteiger partial charge in [0.1, 0.15) is 0 Å². The molecule has 4 rings (SSSR count). The van der Waals surface area contributed by atoms with Gasteiger partial charge in [0.05, 0.1) is 5.52 Å². The minimum atomic E-state index is 0.488. The summed E-state index contributed by atoms with van der Waals surface area (Å²) in [5.41, 5.74) is 1.90. The highest BCUT2D eigenvalue weighted by molar-refractivity contribution is 5.82. The van der Waals surface area contributed by atoms with Crippen molar-refractivity contribution in [2.45, 2.75) is 32.7 Å². The molecule has 1 aromatic carbocycles. The maximum absolute atomic E-state index is 4.62. The predicted molar refractivity (Wildman–Crippen MR) is 105 cm³/mol. The van der Waals surface area contributed by atoms with Crippen molar-refractivity contribution in [3.8, 4) is 0 Å². The highest BCUT2D eigenvalue weighted by atomic mass is 15.3. The first-order chi connectivity index (χ1) is 12.7. The molecule has 3 aromatic rings. The normalized spacial score (nSPS) is 13.6. The second kappa shape index (κ2) is 7.11. The lowest BCUT2D eigenvalue weighted by Gasteiger charge is -2.20. The summed E-state index contributed by atoms with van der Waals surface area (Å²) in [4.78, 5) is 20.2. The first kappa shape index (κ1) is 16.5. The van der Waals surface area contributed by atoms with Gasteiger partial charge in [-0.1, -0.05) is 6.07 Å². The molecule has 1 aliphatic carbocycles. The van der Waals surface area contributed by atoms with Gasteiger partial charge in [0, 0.05) is 36.4 Å². The summed E-state index contributed by atoms with van der Waals surface area (Å²) in [7, 11) is 0. The highest BCUT2D eigenvalue weighted by Gasteiger charge is 2.23. The number of anilines is 4. The first-order valence-corrected chi connectivity index (χ1v) is 9.14. The molecule has 2 aromatic heterocycles. The van der Waals surface area contributed by atoms with Crippen LogP contribution in [0, 0.1) is 0 Å². The second-order valence-electron chi connectivity index (χ2n) is 6.41. The van der Waals surface area contributed by atoms with E-state index in [0.717, 1.165) is 29.7 Å². The molecule has 0 unspecified atom stereocenters. The third kappa shape index (κ3) is 3.66. The van der Waals surface area contributed by atoms with Gasteiger partial charge in [0.25, 0.3) is 0 Å². The Labute approximate surface area is 152 Å². The van der Waals surface area contributed by atoms with Crippen molar-refractivity contribution in [2.24, 2.45) is 0 Å². The van der Waals surface area contributed by atoms with Gasteiger partial charge in [-0.15, -0.1) is 0 Å². The lowest BCUT2D eigenvalue weighted by molar-refractivity contribution is 0.813. The fourth-order valence-electron chi connectivity index (χ4n) is 2.83. The topological polar surface area (TPSA) is 78.9 Å². The zero-order valence-electron chi connectivity index (χ0n) is 15.1. The molecule has 2 N–H and O–H groups in total. The van der Waals surface area contributed by atoms with E-state index < -0.39 is 0 Å². The van der Waals surface area contributed by atoms with E-state index in [-0.39, 0.29) is 0 Å². The fraction of sp³-hybridized carbons (Fsp3) is 0.368. The number of pyridine rings is 1. The van der Waals surface area contributed by atoms with Crippen LogP contribution in [0.1, 0.15) is 26.7 Å². The Morgan fingerprint density at radius 2 is 1.85 bits per heavy atom.